The quantitative estimate of drug-likeness (QED) is 0.883. The fourth-order valence-corrected chi connectivity index (χ4v) is 2.43. The summed E-state index contributed by atoms with van der Waals surface area (Å²) >= 11 is 1.66. The van der Waals surface area contributed by atoms with Crippen LogP contribution in [0.3, 0.4) is 0 Å². The maximum absolute atomic E-state index is 6.12. The monoisotopic (exact) mass is 248 g/mol. The van der Waals surface area contributed by atoms with Crippen molar-refractivity contribution in [2.75, 3.05) is 7.11 Å². The van der Waals surface area contributed by atoms with E-state index in [1.807, 2.05) is 23.8 Å². The summed E-state index contributed by atoms with van der Waals surface area (Å²) in [4.78, 5) is 5.29. The molecule has 17 heavy (non-hydrogen) atoms. The SMILES string of the molecule is COc1ccc(CC(N)Cc2cncs2)cc1. The molecule has 0 aliphatic rings. The Labute approximate surface area is 105 Å². The molecule has 1 unspecified atom stereocenters. The van der Waals surface area contributed by atoms with Crippen LogP contribution in [0.5, 0.6) is 5.75 Å². The molecule has 1 aromatic carbocycles. The molecule has 0 bridgehead atoms. The number of thiazole rings is 1. The third kappa shape index (κ3) is 3.54. The fourth-order valence-electron chi connectivity index (χ4n) is 1.74. The van der Waals surface area contributed by atoms with Crippen molar-refractivity contribution in [1.29, 1.82) is 0 Å². The van der Waals surface area contributed by atoms with Gasteiger partial charge in [-0.2, -0.15) is 0 Å². The van der Waals surface area contributed by atoms with Crippen molar-refractivity contribution in [1.82, 2.24) is 4.98 Å². The second-order valence-electron chi connectivity index (χ2n) is 3.98. The normalized spacial score (nSPS) is 12.4. The van der Waals surface area contributed by atoms with E-state index in [9.17, 15) is 0 Å². The van der Waals surface area contributed by atoms with Gasteiger partial charge in [-0.05, 0) is 30.5 Å². The highest BCUT2D eigenvalue weighted by Gasteiger charge is 2.06. The van der Waals surface area contributed by atoms with Crippen LogP contribution in [-0.2, 0) is 12.8 Å². The molecule has 1 aromatic heterocycles. The van der Waals surface area contributed by atoms with Gasteiger partial charge in [-0.1, -0.05) is 12.1 Å². The summed E-state index contributed by atoms with van der Waals surface area (Å²) in [5.41, 5.74) is 9.20. The Kier molecular flexibility index (Phi) is 4.12. The summed E-state index contributed by atoms with van der Waals surface area (Å²) in [6, 6.07) is 8.20. The van der Waals surface area contributed by atoms with Crippen molar-refractivity contribution in [2.45, 2.75) is 18.9 Å². The van der Waals surface area contributed by atoms with Crippen LogP contribution in [0.25, 0.3) is 0 Å². The number of aromatic nitrogens is 1. The van der Waals surface area contributed by atoms with E-state index in [1.54, 1.807) is 18.4 Å². The number of hydrogen-bond donors (Lipinski definition) is 1. The molecule has 0 saturated carbocycles. The van der Waals surface area contributed by atoms with E-state index >= 15 is 0 Å². The molecule has 0 aliphatic carbocycles. The Morgan fingerprint density at radius 1 is 1.29 bits per heavy atom. The Balaban J connectivity index is 1.91. The smallest absolute Gasteiger partial charge is 0.118 e. The highest BCUT2D eigenvalue weighted by molar-refractivity contribution is 7.09. The maximum Gasteiger partial charge on any atom is 0.118 e. The van der Waals surface area contributed by atoms with Crippen molar-refractivity contribution in [3.8, 4) is 5.75 Å². The van der Waals surface area contributed by atoms with Gasteiger partial charge >= 0.3 is 0 Å². The van der Waals surface area contributed by atoms with Crippen LogP contribution in [0.1, 0.15) is 10.4 Å². The van der Waals surface area contributed by atoms with E-state index < -0.39 is 0 Å². The maximum atomic E-state index is 6.12. The molecule has 2 N–H and O–H groups in total. The lowest BCUT2D eigenvalue weighted by atomic mass is 10.0. The first kappa shape index (κ1) is 12.1. The zero-order chi connectivity index (χ0) is 12.1. The summed E-state index contributed by atoms with van der Waals surface area (Å²) in [7, 11) is 1.67. The first-order valence-corrected chi connectivity index (χ1v) is 6.42. The topological polar surface area (TPSA) is 48.1 Å². The van der Waals surface area contributed by atoms with Crippen LogP contribution in [0.4, 0.5) is 0 Å². The van der Waals surface area contributed by atoms with Crippen molar-refractivity contribution >= 4 is 11.3 Å². The van der Waals surface area contributed by atoms with Gasteiger partial charge in [0.1, 0.15) is 5.75 Å². The van der Waals surface area contributed by atoms with Crippen LogP contribution in [0, 0.1) is 0 Å². The number of rotatable bonds is 5. The third-order valence-corrected chi connectivity index (χ3v) is 3.41. The zero-order valence-electron chi connectivity index (χ0n) is 9.80. The Hall–Kier alpha value is -1.39. The van der Waals surface area contributed by atoms with Crippen LogP contribution in [-0.4, -0.2) is 18.1 Å². The molecule has 2 aromatic rings. The van der Waals surface area contributed by atoms with E-state index in [0.717, 1.165) is 18.6 Å². The molecular weight excluding hydrogens is 232 g/mol. The van der Waals surface area contributed by atoms with Crippen molar-refractivity contribution < 1.29 is 4.74 Å². The minimum absolute atomic E-state index is 0.142. The van der Waals surface area contributed by atoms with E-state index in [4.69, 9.17) is 10.5 Å². The van der Waals surface area contributed by atoms with Crippen molar-refractivity contribution in [3.63, 3.8) is 0 Å². The van der Waals surface area contributed by atoms with Gasteiger partial charge in [0, 0.05) is 17.1 Å². The van der Waals surface area contributed by atoms with Crippen molar-refractivity contribution in [3.05, 3.63) is 46.4 Å². The van der Waals surface area contributed by atoms with Crippen LogP contribution >= 0.6 is 11.3 Å². The highest BCUT2D eigenvalue weighted by atomic mass is 32.1. The molecule has 90 valence electrons. The highest BCUT2D eigenvalue weighted by Crippen LogP contribution is 2.14. The van der Waals surface area contributed by atoms with Crippen LogP contribution in [0.2, 0.25) is 0 Å². The average Bonchev–Trinajstić information content (AvgIpc) is 2.82. The van der Waals surface area contributed by atoms with Gasteiger partial charge in [0.25, 0.3) is 0 Å². The summed E-state index contributed by atoms with van der Waals surface area (Å²) in [5.74, 6) is 0.879. The predicted molar refractivity (Wildman–Crippen MR) is 70.5 cm³/mol. The molecule has 0 amide bonds. The van der Waals surface area contributed by atoms with E-state index in [2.05, 4.69) is 17.1 Å². The van der Waals surface area contributed by atoms with Crippen LogP contribution < -0.4 is 10.5 Å². The molecule has 2 rings (SSSR count). The van der Waals surface area contributed by atoms with Gasteiger partial charge in [0.05, 0.1) is 12.6 Å². The van der Waals surface area contributed by atoms with Gasteiger partial charge in [0.2, 0.25) is 0 Å². The van der Waals surface area contributed by atoms with Gasteiger partial charge in [0.15, 0.2) is 0 Å². The van der Waals surface area contributed by atoms with Gasteiger partial charge < -0.3 is 10.5 Å². The summed E-state index contributed by atoms with van der Waals surface area (Å²) in [6.45, 7) is 0. The van der Waals surface area contributed by atoms with E-state index in [1.165, 1.54) is 10.4 Å². The lowest BCUT2D eigenvalue weighted by Gasteiger charge is -2.10. The first-order chi connectivity index (χ1) is 8.28. The number of methoxy groups -OCH3 is 1. The minimum Gasteiger partial charge on any atom is -0.497 e. The number of nitrogens with zero attached hydrogens (tertiary/aromatic N) is 1. The molecule has 0 fully saturated rings. The lowest BCUT2D eigenvalue weighted by molar-refractivity contribution is 0.414. The van der Waals surface area contributed by atoms with E-state index in [0.29, 0.717) is 0 Å². The fraction of sp³-hybridized carbons (Fsp3) is 0.308. The molecule has 0 spiro atoms. The molecule has 4 heteroatoms. The van der Waals surface area contributed by atoms with Gasteiger partial charge in [-0.25, -0.2) is 0 Å². The molecule has 0 radical (unpaired) electrons. The second-order valence-corrected chi connectivity index (χ2v) is 4.96. The third-order valence-electron chi connectivity index (χ3n) is 2.60. The first-order valence-electron chi connectivity index (χ1n) is 5.54. The Bertz CT molecular complexity index is 439. The molecular formula is C13H16N2OS. The number of ether oxygens (including phenoxy) is 1. The van der Waals surface area contributed by atoms with Crippen molar-refractivity contribution in [2.24, 2.45) is 5.73 Å². The van der Waals surface area contributed by atoms with Gasteiger partial charge in [-0.15, -0.1) is 11.3 Å². The molecule has 1 atom stereocenters. The summed E-state index contributed by atoms with van der Waals surface area (Å²) < 4.78 is 5.12. The predicted octanol–water partition coefficient (Wildman–Crippen LogP) is 2.26. The molecule has 0 saturated heterocycles. The Morgan fingerprint density at radius 3 is 2.65 bits per heavy atom. The molecule has 3 nitrogen and oxygen atoms in total. The average molecular weight is 248 g/mol. The van der Waals surface area contributed by atoms with E-state index in [-0.39, 0.29) is 6.04 Å². The zero-order valence-corrected chi connectivity index (χ0v) is 10.6. The standard InChI is InChI=1S/C13H16N2OS/c1-16-12-4-2-10(3-5-12)6-11(14)7-13-8-15-9-17-13/h2-5,8-9,11H,6-7,14H2,1H3. The summed E-state index contributed by atoms with van der Waals surface area (Å²) in [6.07, 6.45) is 3.65. The number of benzene rings is 1. The number of hydrogen-bond acceptors (Lipinski definition) is 4. The largest absolute Gasteiger partial charge is 0.497 e. The minimum atomic E-state index is 0.142. The molecule has 1 heterocycles. The lowest BCUT2D eigenvalue weighted by Crippen LogP contribution is -2.25. The van der Waals surface area contributed by atoms with Crippen LogP contribution in [0.15, 0.2) is 36.0 Å². The summed E-state index contributed by atoms with van der Waals surface area (Å²) in [5, 5.41) is 0. The number of nitrogens with two attached hydrogens (primary N) is 1. The second kappa shape index (κ2) is 5.80. The Morgan fingerprint density at radius 2 is 2.06 bits per heavy atom. The molecule has 0 aliphatic heterocycles. The van der Waals surface area contributed by atoms with Gasteiger partial charge in [-0.3, -0.25) is 4.98 Å².